The predicted molar refractivity (Wildman–Crippen MR) is 241 cm³/mol. The van der Waals surface area contributed by atoms with Crippen molar-refractivity contribution < 1.29 is 0 Å². The van der Waals surface area contributed by atoms with Gasteiger partial charge in [0.05, 0.1) is 38.8 Å². The van der Waals surface area contributed by atoms with Crippen LogP contribution in [-0.4, -0.2) is 19.1 Å². The van der Waals surface area contributed by atoms with Crippen molar-refractivity contribution in [2.45, 2.75) is 12.8 Å². The Kier molecular flexibility index (Phi) is 6.53. The highest BCUT2D eigenvalue weighted by Crippen LogP contribution is 2.48. The molecule has 8 aromatic carbocycles. The van der Waals surface area contributed by atoms with Gasteiger partial charge in [-0.15, -0.1) is 0 Å². The highest BCUT2D eigenvalue weighted by molar-refractivity contribution is 6.37. The second-order valence-corrected chi connectivity index (χ2v) is 15.7. The molecule has 4 heteroatoms. The zero-order valence-corrected chi connectivity index (χ0v) is 31.5. The molecular formula is C54H34N4. The summed E-state index contributed by atoms with van der Waals surface area (Å²) in [6.45, 7) is 0. The smallest absolute Gasteiger partial charge is 0.0985 e. The summed E-state index contributed by atoms with van der Waals surface area (Å²) in [5.74, 6) is 0. The van der Waals surface area contributed by atoms with Crippen LogP contribution in [0.25, 0.3) is 98.7 Å². The molecule has 270 valence electrons. The molecule has 4 nitrogen and oxygen atoms in total. The van der Waals surface area contributed by atoms with E-state index in [-0.39, 0.29) is 0 Å². The number of hydrogen-bond donors (Lipinski definition) is 0. The lowest BCUT2D eigenvalue weighted by molar-refractivity contribution is 1.01. The van der Waals surface area contributed by atoms with Crippen LogP contribution in [0.5, 0.6) is 0 Å². The Morgan fingerprint density at radius 1 is 0.379 bits per heavy atom. The molecule has 0 saturated heterocycles. The van der Waals surface area contributed by atoms with E-state index in [2.05, 4.69) is 173 Å². The first-order valence-corrected chi connectivity index (χ1v) is 20.1. The summed E-state index contributed by atoms with van der Waals surface area (Å²) in [4.78, 5) is 9.82. The van der Waals surface area contributed by atoms with Crippen LogP contribution in [0.15, 0.2) is 182 Å². The predicted octanol–water partition coefficient (Wildman–Crippen LogP) is 13.3. The quantitative estimate of drug-likeness (QED) is 0.169. The van der Waals surface area contributed by atoms with Crippen molar-refractivity contribution in [3.8, 4) is 22.5 Å². The first-order valence-electron chi connectivity index (χ1n) is 20.1. The molecule has 0 saturated carbocycles. The minimum Gasteiger partial charge on any atom is -0.307 e. The molecule has 0 radical (unpaired) electrons. The van der Waals surface area contributed by atoms with Crippen molar-refractivity contribution in [2.24, 2.45) is 0 Å². The molecule has 12 aromatic rings. The summed E-state index contributed by atoms with van der Waals surface area (Å²) in [7, 11) is 0. The third kappa shape index (κ3) is 4.40. The number of pyridine rings is 2. The first-order chi connectivity index (χ1) is 28.8. The summed E-state index contributed by atoms with van der Waals surface area (Å²) in [5, 5.41) is 9.78. The van der Waals surface area contributed by atoms with Gasteiger partial charge in [-0.3, -0.25) is 9.97 Å². The monoisotopic (exact) mass is 738 g/mol. The Labute approximate surface area is 333 Å². The van der Waals surface area contributed by atoms with E-state index < -0.39 is 0 Å². The Morgan fingerprint density at radius 2 is 1.00 bits per heavy atom. The van der Waals surface area contributed by atoms with Gasteiger partial charge in [0.1, 0.15) is 0 Å². The van der Waals surface area contributed by atoms with Crippen LogP contribution in [0, 0.1) is 0 Å². The number of benzene rings is 8. The molecule has 0 bridgehead atoms. The summed E-state index contributed by atoms with van der Waals surface area (Å²) >= 11 is 0. The van der Waals surface area contributed by atoms with Crippen molar-refractivity contribution >= 4 is 76.2 Å². The second kappa shape index (κ2) is 12.0. The zero-order chi connectivity index (χ0) is 37.9. The van der Waals surface area contributed by atoms with E-state index in [1.54, 1.807) is 0 Å². The number of para-hydroxylation sites is 2. The van der Waals surface area contributed by atoms with Crippen LogP contribution in [0.3, 0.4) is 0 Å². The fourth-order valence-electron chi connectivity index (χ4n) is 10.1. The van der Waals surface area contributed by atoms with Gasteiger partial charge in [0.15, 0.2) is 0 Å². The molecule has 0 aliphatic heterocycles. The highest BCUT2D eigenvalue weighted by atomic mass is 15.0. The summed E-state index contributed by atoms with van der Waals surface area (Å²) in [6, 6.07) is 62.5. The third-order valence-electron chi connectivity index (χ3n) is 12.6. The van der Waals surface area contributed by atoms with Gasteiger partial charge in [0, 0.05) is 50.4 Å². The van der Waals surface area contributed by atoms with E-state index >= 15 is 0 Å². The van der Waals surface area contributed by atoms with Crippen LogP contribution < -0.4 is 0 Å². The number of fused-ring (bicyclic) bond motifs is 15. The van der Waals surface area contributed by atoms with Gasteiger partial charge in [-0.1, -0.05) is 115 Å². The number of rotatable bonds is 3. The van der Waals surface area contributed by atoms with E-state index in [4.69, 9.17) is 9.97 Å². The van der Waals surface area contributed by atoms with Gasteiger partial charge in [0.2, 0.25) is 0 Å². The van der Waals surface area contributed by atoms with Gasteiger partial charge in [-0.2, -0.15) is 0 Å². The molecular weight excluding hydrogens is 705 g/mol. The molecule has 4 heterocycles. The molecule has 0 N–H and O–H groups in total. The number of hydrogen-bond acceptors (Lipinski definition) is 2. The zero-order valence-electron chi connectivity index (χ0n) is 31.5. The maximum Gasteiger partial charge on any atom is 0.0985 e. The number of aromatic nitrogens is 4. The summed E-state index contributed by atoms with van der Waals surface area (Å²) in [5.41, 5.74) is 16.8. The Hall–Kier alpha value is -7.56. The average molecular weight is 739 g/mol. The van der Waals surface area contributed by atoms with Crippen LogP contribution in [0.2, 0.25) is 0 Å². The van der Waals surface area contributed by atoms with Gasteiger partial charge in [0.25, 0.3) is 0 Å². The molecule has 0 amide bonds. The van der Waals surface area contributed by atoms with Crippen LogP contribution in [0.1, 0.15) is 22.3 Å². The SMILES string of the molecule is c1ccc(-c2cccc(-n3c4ccccc4c4c5cc6c(cc5c5c7ccccc7n(-c7ccnc8c7ccc7cccnc78)c5c43)Cc3ccccc3C6)c2)cc1. The molecule has 0 spiro atoms. The molecule has 0 unspecified atom stereocenters. The molecule has 0 atom stereocenters. The Balaban J connectivity index is 1.26. The molecule has 13 rings (SSSR count). The van der Waals surface area contributed by atoms with E-state index in [1.165, 1.54) is 82.2 Å². The lowest BCUT2D eigenvalue weighted by atomic mass is 9.83. The van der Waals surface area contributed by atoms with E-state index in [0.29, 0.717) is 0 Å². The lowest BCUT2D eigenvalue weighted by Crippen LogP contribution is -2.07. The first kappa shape index (κ1) is 31.6. The standard InChI is InChI=1S/C54H34N4/c1-2-12-33(13-3-1)37-16-10-18-40(30-37)57-46-21-8-6-19-41(46)49-44-31-38-28-35-14-4-5-15-36(35)29-39(38)32-45(44)50-42-20-7-9-22-47(42)58(54(50)53(49)57)48-25-27-56-52-43(48)24-23-34-17-11-26-55-51(34)52/h1-27,30-32H,28-29H2. The van der Waals surface area contributed by atoms with Crippen LogP contribution in [-0.2, 0) is 12.8 Å². The van der Waals surface area contributed by atoms with Crippen LogP contribution in [0.4, 0.5) is 0 Å². The fourth-order valence-corrected chi connectivity index (χ4v) is 10.1. The summed E-state index contributed by atoms with van der Waals surface area (Å²) in [6.07, 6.45) is 5.69. The maximum absolute atomic E-state index is 4.98. The lowest BCUT2D eigenvalue weighted by Gasteiger charge is -2.21. The van der Waals surface area contributed by atoms with E-state index in [1.807, 2.05) is 18.5 Å². The minimum atomic E-state index is 0.905. The third-order valence-corrected chi connectivity index (χ3v) is 12.6. The second-order valence-electron chi connectivity index (χ2n) is 15.7. The Bertz CT molecular complexity index is 3680. The van der Waals surface area contributed by atoms with Gasteiger partial charge in [-0.05, 0) is 112 Å². The topological polar surface area (TPSA) is 35.6 Å². The van der Waals surface area contributed by atoms with Gasteiger partial charge in [-0.25, -0.2) is 0 Å². The van der Waals surface area contributed by atoms with Crippen molar-refractivity contribution in [1.29, 1.82) is 0 Å². The van der Waals surface area contributed by atoms with Crippen LogP contribution >= 0.6 is 0 Å². The highest BCUT2D eigenvalue weighted by Gasteiger charge is 2.27. The number of nitrogens with zero attached hydrogens (tertiary/aromatic N) is 4. The van der Waals surface area contributed by atoms with Crippen molar-refractivity contribution in [3.05, 3.63) is 205 Å². The van der Waals surface area contributed by atoms with E-state index in [0.717, 1.165) is 51.5 Å². The maximum atomic E-state index is 4.98. The molecule has 4 aromatic heterocycles. The minimum absolute atomic E-state index is 0.905. The van der Waals surface area contributed by atoms with Crippen molar-refractivity contribution in [2.75, 3.05) is 0 Å². The fraction of sp³-hybridized carbons (Fsp3) is 0.0370. The normalized spacial score (nSPS) is 12.7. The van der Waals surface area contributed by atoms with Crippen molar-refractivity contribution in [1.82, 2.24) is 19.1 Å². The molecule has 0 fully saturated rings. The average Bonchev–Trinajstić information content (AvgIpc) is 3.82. The molecule has 1 aliphatic carbocycles. The van der Waals surface area contributed by atoms with Crippen molar-refractivity contribution in [3.63, 3.8) is 0 Å². The molecule has 58 heavy (non-hydrogen) atoms. The van der Waals surface area contributed by atoms with Gasteiger partial charge >= 0.3 is 0 Å². The summed E-state index contributed by atoms with van der Waals surface area (Å²) < 4.78 is 5.06. The van der Waals surface area contributed by atoms with Gasteiger partial charge < -0.3 is 9.13 Å². The molecule has 1 aliphatic rings. The largest absolute Gasteiger partial charge is 0.307 e. The Morgan fingerprint density at radius 3 is 1.74 bits per heavy atom. The van der Waals surface area contributed by atoms with E-state index in [9.17, 15) is 0 Å².